The van der Waals surface area contributed by atoms with Crippen LogP contribution in [-0.2, 0) is 4.79 Å². The number of aromatic nitrogens is 2. The Morgan fingerprint density at radius 1 is 1.29 bits per heavy atom. The van der Waals surface area contributed by atoms with Crippen LogP contribution in [0.1, 0.15) is 44.2 Å². The number of carbonyl (C=O) groups excluding carboxylic acids is 1. The first kappa shape index (κ1) is 11.8. The van der Waals surface area contributed by atoms with Crippen molar-refractivity contribution in [3.63, 3.8) is 0 Å². The molecule has 1 heterocycles. The van der Waals surface area contributed by atoms with Crippen LogP contribution in [0.3, 0.4) is 0 Å². The predicted molar refractivity (Wildman–Crippen MR) is 65.3 cm³/mol. The number of amides is 1. The predicted octanol–water partition coefficient (Wildman–Crippen LogP) is 1.22. The van der Waals surface area contributed by atoms with Crippen LogP contribution >= 0.6 is 0 Å². The number of carbonyl (C=O) groups is 1. The topological polar surface area (TPSA) is 80.9 Å². The average molecular weight is 234 g/mol. The van der Waals surface area contributed by atoms with Gasteiger partial charge in [-0.2, -0.15) is 0 Å². The summed E-state index contributed by atoms with van der Waals surface area (Å²) in [5, 5.41) is 2.97. The van der Waals surface area contributed by atoms with Crippen LogP contribution in [0.4, 0.5) is 5.82 Å². The fourth-order valence-corrected chi connectivity index (χ4v) is 2.38. The van der Waals surface area contributed by atoms with Crippen molar-refractivity contribution < 1.29 is 4.79 Å². The maximum absolute atomic E-state index is 11.0. The van der Waals surface area contributed by atoms with Crippen molar-refractivity contribution in [1.82, 2.24) is 15.3 Å². The molecule has 1 aromatic heterocycles. The van der Waals surface area contributed by atoms with Crippen LogP contribution in [0, 0.1) is 0 Å². The SMILES string of the molecule is CC(=O)NC1CCC(c2cnc(N)cn2)CC1. The van der Waals surface area contributed by atoms with Gasteiger partial charge in [-0.15, -0.1) is 0 Å². The minimum atomic E-state index is 0.0562. The van der Waals surface area contributed by atoms with Gasteiger partial charge in [0.2, 0.25) is 5.91 Å². The van der Waals surface area contributed by atoms with E-state index in [1.807, 2.05) is 0 Å². The van der Waals surface area contributed by atoms with E-state index in [4.69, 9.17) is 5.73 Å². The molecule has 0 spiro atoms. The van der Waals surface area contributed by atoms with Gasteiger partial charge < -0.3 is 11.1 Å². The Kier molecular flexibility index (Phi) is 3.56. The number of hydrogen-bond acceptors (Lipinski definition) is 4. The molecular weight excluding hydrogens is 216 g/mol. The lowest BCUT2D eigenvalue weighted by Crippen LogP contribution is -2.35. The summed E-state index contributed by atoms with van der Waals surface area (Å²) in [6.07, 6.45) is 7.48. The summed E-state index contributed by atoms with van der Waals surface area (Å²) >= 11 is 0. The number of nitrogens with two attached hydrogens (primary N) is 1. The molecule has 0 unspecified atom stereocenters. The minimum absolute atomic E-state index is 0.0562. The lowest BCUT2D eigenvalue weighted by atomic mass is 9.84. The summed E-state index contributed by atoms with van der Waals surface area (Å²) in [6.45, 7) is 1.57. The molecule has 3 N–H and O–H groups in total. The number of nitrogens with one attached hydrogen (secondary N) is 1. The molecule has 0 bridgehead atoms. The summed E-state index contributed by atoms with van der Waals surface area (Å²) in [6, 6.07) is 0.325. The van der Waals surface area contributed by atoms with Crippen LogP contribution in [0.2, 0.25) is 0 Å². The van der Waals surface area contributed by atoms with Gasteiger partial charge in [0.15, 0.2) is 0 Å². The number of nitrogen functional groups attached to an aromatic ring is 1. The third-order valence-electron chi connectivity index (χ3n) is 3.24. The second-order valence-corrected chi connectivity index (χ2v) is 4.62. The average Bonchev–Trinajstić information content (AvgIpc) is 2.30. The van der Waals surface area contributed by atoms with Crippen molar-refractivity contribution in [2.75, 3.05) is 5.73 Å². The Hall–Kier alpha value is -1.65. The molecule has 0 saturated heterocycles. The molecule has 1 fully saturated rings. The number of hydrogen-bond donors (Lipinski definition) is 2. The van der Waals surface area contributed by atoms with E-state index in [1.54, 1.807) is 19.3 Å². The highest BCUT2D eigenvalue weighted by atomic mass is 16.1. The van der Waals surface area contributed by atoms with E-state index in [0.29, 0.717) is 17.8 Å². The highest BCUT2D eigenvalue weighted by Crippen LogP contribution is 2.31. The van der Waals surface area contributed by atoms with Crippen molar-refractivity contribution >= 4 is 11.7 Å². The van der Waals surface area contributed by atoms with E-state index >= 15 is 0 Å². The maximum Gasteiger partial charge on any atom is 0.217 e. The van der Waals surface area contributed by atoms with Crippen molar-refractivity contribution in [1.29, 1.82) is 0 Å². The molecular formula is C12H18N4O. The number of anilines is 1. The van der Waals surface area contributed by atoms with Gasteiger partial charge in [-0.05, 0) is 25.7 Å². The molecule has 0 aliphatic heterocycles. The zero-order valence-electron chi connectivity index (χ0n) is 10.0. The summed E-state index contributed by atoms with van der Waals surface area (Å²) in [4.78, 5) is 19.3. The molecule has 1 saturated carbocycles. The molecule has 0 radical (unpaired) electrons. The van der Waals surface area contributed by atoms with Gasteiger partial charge in [-0.3, -0.25) is 9.78 Å². The monoisotopic (exact) mass is 234 g/mol. The molecule has 5 heteroatoms. The molecule has 0 aromatic carbocycles. The molecule has 1 amide bonds. The van der Waals surface area contributed by atoms with Crippen LogP contribution in [0.15, 0.2) is 12.4 Å². The largest absolute Gasteiger partial charge is 0.382 e. The first-order valence-corrected chi connectivity index (χ1v) is 5.99. The van der Waals surface area contributed by atoms with E-state index < -0.39 is 0 Å². The van der Waals surface area contributed by atoms with Crippen molar-refractivity contribution in [3.05, 3.63) is 18.1 Å². The van der Waals surface area contributed by atoms with E-state index in [2.05, 4.69) is 15.3 Å². The highest BCUT2D eigenvalue weighted by molar-refractivity contribution is 5.73. The molecule has 2 rings (SSSR count). The first-order chi connectivity index (χ1) is 8.15. The second kappa shape index (κ2) is 5.12. The van der Waals surface area contributed by atoms with E-state index in [-0.39, 0.29) is 5.91 Å². The molecule has 1 aromatic rings. The smallest absolute Gasteiger partial charge is 0.217 e. The first-order valence-electron chi connectivity index (χ1n) is 5.99. The fourth-order valence-electron chi connectivity index (χ4n) is 2.38. The summed E-state index contributed by atoms with van der Waals surface area (Å²) in [7, 11) is 0. The van der Waals surface area contributed by atoms with Crippen LogP contribution < -0.4 is 11.1 Å². The summed E-state index contributed by atoms with van der Waals surface area (Å²) in [5.41, 5.74) is 6.53. The number of nitrogens with zero attached hydrogens (tertiary/aromatic N) is 2. The van der Waals surface area contributed by atoms with Gasteiger partial charge in [0.05, 0.1) is 18.1 Å². The lowest BCUT2D eigenvalue weighted by molar-refractivity contribution is -0.119. The fraction of sp³-hybridized carbons (Fsp3) is 0.583. The minimum Gasteiger partial charge on any atom is -0.382 e. The van der Waals surface area contributed by atoms with Gasteiger partial charge in [0.25, 0.3) is 0 Å². The van der Waals surface area contributed by atoms with Crippen LogP contribution in [-0.4, -0.2) is 21.9 Å². The van der Waals surface area contributed by atoms with Gasteiger partial charge in [0.1, 0.15) is 5.82 Å². The number of rotatable bonds is 2. The molecule has 1 aliphatic rings. The van der Waals surface area contributed by atoms with Crippen molar-refractivity contribution in [2.24, 2.45) is 0 Å². The molecule has 0 atom stereocenters. The van der Waals surface area contributed by atoms with Crippen molar-refractivity contribution in [3.8, 4) is 0 Å². The van der Waals surface area contributed by atoms with E-state index in [1.165, 1.54) is 0 Å². The Morgan fingerprint density at radius 3 is 2.53 bits per heavy atom. The van der Waals surface area contributed by atoms with Crippen LogP contribution in [0.25, 0.3) is 0 Å². The standard InChI is InChI=1S/C12H18N4O/c1-8(17)16-10-4-2-9(3-5-10)11-6-15-12(13)7-14-11/h6-7,9-10H,2-5H2,1H3,(H2,13,15)(H,16,17). The molecule has 1 aliphatic carbocycles. The van der Waals surface area contributed by atoms with E-state index in [0.717, 1.165) is 31.4 Å². The highest BCUT2D eigenvalue weighted by Gasteiger charge is 2.23. The molecule has 92 valence electrons. The normalized spacial score (nSPS) is 24.3. The molecule has 5 nitrogen and oxygen atoms in total. The lowest BCUT2D eigenvalue weighted by Gasteiger charge is -2.28. The van der Waals surface area contributed by atoms with Gasteiger partial charge in [-0.1, -0.05) is 0 Å². The maximum atomic E-state index is 11.0. The van der Waals surface area contributed by atoms with Gasteiger partial charge in [-0.25, -0.2) is 4.98 Å². The Morgan fingerprint density at radius 2 is 2.00 bits per heavy atom. The van der Waals surface area contributed by atoms with Crippen LogP contribution in [0.5, 0.6) is 0 Å². The Balaban J connectivity index is 1.90. The zero-order valence-corrected chi connectivity index (χ0v) is 10.0. The van der Waals surface area contributed by atoms with Crippen molar-refractivity contribution in [2.45, 2.75) is 44.6 Å². The Bertz CT molecular complexity index is 382. The summed E-state index contributed by atoms with van der Waals surface area (Å²) in [5.74, 6) is 0.967. The quantitative estimate of drug-likeness (QED) is 0.806. The van der Waals surface area contributed by atoms with Gasteiger partial charge in [0, 0.05) is 18.9 Å². The summed E-state index contributed by atoms with van der Waals surface area (Å²) < 4.78 is 0. The second-order valence-electron chi connectivity index (χ2n) is 4.62. The third-order valence-corrected chi connectivity index (χ3v) is 3.24. The van der Waals surface area contributed by atoms with Gasteiger partial charge >= 0.3 is 0 Å². The third kappa shape index (κ3) is 3.15. The van der Waals surface area contributed by atoms with E-state index in [9.17, 15) is 4.79 Å². The molecule has 17 heavy (non-hydrogen) atoms. The Labute approximate surface area is 101 Å². The zero-order chi connectivity index (χ0) is 12.3.